The minimum absolute atomic E-state index is 0.336. The summed E-state index contributed by atoms with van der Waals surface area (Å²) in [6.07, 6.45) is 5.48. The molecular weight excluding hydrogens is 398 g/mol. The van der Waals surface area contributed by atoms with Crippen LogP contribution in [0.25, 0.3) is 0 Å². The number of anilines is 1. The first-order valence-electron chi connectivity index (χ1n) is 10.1. The second-order valence-electron chi connectivity index (χ2n) is 7.47. The van der Waals surface area contributed by atoms with Crippen LogP contribution >= 0.6 is 0 Å². The summed E-state index contributed by atoms with van der Waals surface area (Å²) in [4.78, 5) is 0.336. The molecule has 0 saturated carbocycles. The molecule has 7 nitrogen and oxygen atoms in total. The Morgan fingerprint density at radius 2 is 1.64 bits per heavy atom. The molecule has 0 spiro atoms. The standard InChI is InChI=1S/C19H33N3O4S2/c1-17(2)27(23,24)21-13-6-3-5-12-20-18-10-9-11-19(16-18)28(25,26)22-14-7-4-8-15-22/h9-11,16-17,20-21H,3-8,12-15H2,1-2H3. The van der Waals surface area contributed by atoms with Crippen LogP contribution in [0.1, 0.15) is 52.4 Å². The van der Waals surface area contributed by atoms with Crippen molar-refractivity contribution < 1.29 is 16.8 Å². The molecule has 2 rings (SSSR count). The Morgan fingerprint density at radius 3 is 2.32 bits per heavy atom. The number of sulfonamides is 2. The molecule has 2 N–H and O–H groups in total. The molecule has 160 valence electrons. The summed E-state index contributed by atoms with van der Waals surface area (Å²) in [5.41, 5.74) is 0.790. The van der Waals surface area contributed by atoms with Crippen LogP contribution in [0, 0.1) is 0 Å². The molecule has 0 amide bonds. The molecular formula is C19H33N3O4S2. The van der Waals surface area contributed by atoms with Crippen molar-refractivity contribution >= 4 is 25.7 Å². The van der Waals surface area contributed by atoms with Crippen molar-refractivity contribution in [2.45, 2.75) is 62.5 Å². The van der Waals surface area contributed by atoms with Crippen molar-refractivity contribution in [1.29, 1.82) is 0 Å². The van der Waals surface area contributed by atoms with Gasteiger partial charge in [0.1, 0.15) is 0 Å². The molecule has 9 heteroatoms. The average Bonchev–Trinajstić information content (AvgIpc) is 2.68. The fourth-order valence-corrected chi connectivity index (χ4v) is 5.39. The zero-order chi connectivity index (χ0) is 20.6. The van der Waals surface area contributed by atoms with Gasteiger partial charge in [-0.25, -0.2) is 21.6 Å². The molecule has 1 saturated heterocycles. The number of nitrogens with one attached hydrogen (secondary N) is 2. The first-order valence-corrected chi connectivity index (χ1v) is 13.0. The van der Waals surface area contributed by atoms with Crippen LogP contribution in [0.5, 0.6) is 0 Å². The predicted octanol–water partition coefficient (Wildman–Crippen LogP) is 2.77. The summed E-state index contributed by atoms with van der Waals surface area (Å²) >= 11 is 0. The van der Waals surface area contributed by atoms with Gasteiger partial charge in [-0.15, -0.1) is 0 Å². The maximum absolute atomic E-state index is 12.8. The van der Waals surface area contributed by atoms with Crippen molar-refractivity contribution in [3.8, 4) is 0 Å². The third kappa shape index (κ3) is 6.72. The van der Waals surface area contributed by atoms with Gasteiger partial charge >= 0.3 is 0 Å². The van der Waals surface area contributed by atoms with E-state index in [2.05, 4.69) is 10.0 Å². The molecule has 0 unspecified atom stereocenters. The van der Waals surface area contributed by atoms with Crippen LogP contribution in [0.4, 0.5) is 5.69 Å². The Morgan fingerprint density at radius 1 is 0.964 bits per heavy atom. The van der Waals surface area contributed by atoms with Crippen LogP contribution in [0.3, 0.4) is 0 Å². The largest absolute Gasteiger partial charge is 0.385 e. The van der Waals surface area contributed by atoms with Crippen molar-refractivity contribution in [3.63, 3.8) is 0 Å². The van der Waals surface area contributed by atoms with E-state index >= 15 is 0 Å². The summed E-state index contributed by atoms with van der Waals surface area (Å²) in [6.45, 7) is 5.67. The fourth-order valence-electron chi connectivity index (χ4n) is 3.06. The smallest absolute Gasteiger partial charge is 0.243 e. The number of hydrogen-bond acceptors (Lipinski definition) is 5. The Kier molecular flexibility index (Phi) is 8.73. The number of piperidine rings is 1. The van der Waals surface area contributed by atoms with E-state index < -0.39 is 25.3 Å². The van der Waals surface area contributed by atoms with Crippen molar-refractivity contribution in [2.24, 2.45) is 0 Å². The van der Waals surface area contributed by atoms with Gasteiger partial charge in [-0.1, -0.05) is 18.9 Å². The van der Waals surface area contributed by atoms with Crippen molar-refractivity contribution in [2.75, 3.05) is 31.5 Å². The van der Waals surface area contributed by atoms with Crippen molar-refractivity contribution in [1.82, 2.24) is 9.03 Å². The number of nitrogens with zero attached hydrogens (tertiary/aromatic N) is 1. The van der Waals surface area contributed by atoms with Gasteiger partial charge < -0.3 is 5.32 Å². The summed E-state index contributed by atoms with van der Waals surface area (Å²) < 4.78 is 53.0. The Labute approximate surface area is 170 Å². The average molecular weight is 432 g/mol. The topological polar surface area (TPSA) is 95.6 Å². The van der Waals surface area contributed by atoms with Crippen LogP contribution in [-0.2, 0) is 20.0 Å². The van der Waals surface area contributed by atoms with E-state index in [1.54, 1.807) is 36.4 Å². The van der Waals surface area contributed by atoms with E-state index in [0.29, 0.717) is 31.1 Å². The molecule has 1 fully saturated rings. The van der Waals surface area contributed by atoms with Gasteiger partial charge in [0, 0.05) is 31.9 Å². The molecule has 0 radical (unpaired) electrons. The number of hydrogen-bond donors (Lipinski definition) is 2. The van der Waals surface area contributed by atoms with Gasteiger partial charge in [-0.3, -0.25) is 0 Å². The lowest BCUT2D eigenvalue weighted by Gasteiger charge is -2.26. The first kappa shape index (κ1) is 23.1. The Bertz CT molecular complexity index is 817. The first-order chi connectivity index (χ1) is 13.2. The highest BCUT2D eigenvalue weighted by atomic mass is 32.2. The van der Waals surface area contributed by atoms with Gasteiger partial charge in [-0.05, 0) is 57.7 Å². The second-order valence-corrected chi connectivity index (χ2v) is 11.7. The Hall–Kier alpha value is -1.16. The van der Waals surface area contributed by atoms with Gasteiger partial charge in [-0.2, -0.15) is 4.31 Å². The normalized spacial score (nSPS) is 16.4. The van der Waals surface area contributed by atoms with Gasteiger partial charge in [0.05, 0.1) is 10.1 Å². The molecule has 28 heavy (non-hydrogen) atoms. The van der Waals surface area contributed by atoms with E-state index in [9.17, 15) is 16.8 Å². The number of benzene rings is 1. The lowest BCUT2D eigenvalue weighted by atomic mass is 10.2. The zero-order valence-corrected chi connectivity index (χ0v) is 18.5. The van der Waals surface area contributed by atoms with Crippen molar-refractivity contribution in [3.05, 3.63) is 24.3 Å². The third-order valence-electron chi connectivity index (χ3n) is 4.89. The highest BCUT2D eigenvalue weighted by molar-refractivity contribution is 7.90. The highest BCUT2D eigenvalue weighted by Gasteiger charge is 2.25. The third-order valence-corrected chi connectivity index (χ3v) is 8.64. The molecule has 1 aliphatic heterocycles. The maximum Gasteiger partial charge on any atom is 0.243 e. The maximum atomic E-state index is 12.8. The Balaban J connectivity index is 1.76. The van der Waals surface area contributed by atoms with Gasteiger partial charge in [0.2, 0.25) is 20.0 Å². The minimum atomic E-state index is -3.42. The molecule has 0 bridgehead atoms. The van der Waals surface area contributed by atoms with Crippen LogP contribution in [-0.4, -0.2) is 52.6 Å². The lowest BCUT2D eigenvalue weighted by molar-refractivity contribution is 0.346. The van der Waals surface area contributed by atoms with Crippen LogP contribution in [0.2, 0.25) is 0 Å². The van der Waals surface area contributed by atoms with E-state index in [4.69, 9.17) is 0 Å². The minimum Gasteiger partial charge on any atom is -0.385 e. The van der Waals surface area contributed by atoms with E-state index in [1.807, 2.05) is 6.07 Å². The molecule has 1 heterocycles. The fraction of sp³-hybridized carbons (Fsp3) is 0.684. The SMILES string of the molecule is CC(C)S(=O)(=O)NCCCCCNc1cccc(S(=O)(=O)N2CCCCC2)c1. The number of rotatable bonds is 11. The predicted molar refractivity (Wildman–Crippen MR) is 113 cm³/mol. The molecule has 1 aliphatic rings. The highest BCUT2D eigenvalue weighted by Crippen LogP contribution is 2.22. The van der Waals surface area contributed by atoms with E-state index in [-0.39, 0.29) is 0 Å². The zero-order valence-electron chi connectivity index (χ0n) is 16.9. The van der Waals surface area contributed by atoms with E-state index in [0.717, 1.165) is 44.2 Å². The summed E-state index contributed by atoms with van der Waals surface area (Å²) in [6, 6.07) is 6.97. The van der Waals surface area contributed by atoms with Gasteiger partial charge in [0.15, 0.2) is 0 Å². The summed E-state index contributed by atoms with van der Waals surface area (Å²) in [7, 11) is -6.61. The lowest BCUT2D eigenvalue weighted by Crippen LogP contribution is -2.35. The molecule has 0 atom stereocenters. The molecule has 1 aromatic carbocycles. The van der Waals surface area contributed by atoms with Crippen LogP contribution < -0.4 is 10.0 Å². The molecule has 0 aromatic heterocycles. The van der Waals surface area contributed by atoms with Crippen LogP contribution in [0.15, 0.2) is 29.2 Å². The number of unbranched alkanes of at least 4 members (excludes halogenated alkanes) is 2. The second kappa shape index (κ2) is 10.6. The summed E-state index contributed by atoms with van der Waals surface area (Å²) in [5, 5.41) is 2.85. The van der Waals surface area contributed by atoms with Gasteiger partial charge in [0.25, 0.3) is 0 Å². The summed E-state index contributed by atoms with van der Waals surface area (Å²) in [5.74, 6) is 0. The monoisotopic (exact) mass is 431 g/mol. The van der Waals surface area contributed by atoms with E-state index in [1.165, 1.54) is 0 Å². The molecule has 1 aromatic rings. The molecule has 0 aliphatic carbocycles. The quantitative estimate of drug-likeness (QED) is 0.525.